The normalized spacial score (nSPS) is 22.6. The second-order valence-electron chi connectivity index (χ2n) is 11.2. The number of benzene rings is 3. The van der Waals surface area contributed by atoms with Gasteiger partial charge < -0.3 is 20.5 Å². The van der Waals surface area contributed by atoms with E-state index in [4.69, 9.17) is 27.9 Å². The Morgan fingerprint density at radius 2 is 1.82 bits per heavy atom. The van der Waals surface area contributed by atoms with Crippen LogP contribution in [0.2, 0.25) is 10.2 Å². The largest absolute Gasteiger partial charge is 0.494 e. The average molecular weight is 650 g/mol. The fourth-order valence-electron chi connectivity index (χ4n) is 6.64. The van der Waals surface area contributed by atoms with E-state index >= 15 is 4.39 Å². The summed E-state index contributed by atoms with van der Waals surface area (Å²) < 4.78 is 21.6. The number of carbonyl (C=O) groups is 2. The van der Waals surface area contributed by atoms with Gasteiger partial charge >= 0.3 is 5.97 Å². The van der Waals surface area contributed by atoms with Crippen LogP contribution in [-0.2, 0) is 11.3 Å². The van der Waals surface area contributed by atoms with Gasteiger partial charge in [-0.2, -0.15) is 0 Å². The molecule has 1 aromatic heterocycles. The van der Waals surface area contributed by atoms with Crippen molar-refractivity contribution in [3.8, 4) is 5.75 Å². The highest BCUT2D eigenvalue weighted by Gasteiger charge is 2.56. The molecule has 11 heteroatoms. The summed E-state index contributed by atoms with van der Waals surface area (Å²) in [4.78, 5) is 32.1. The lowest BCUT2D eigenvalue weighted by Crippen LogP contribution is -2.45. The second-order valence-corrected chi connectivity index (χ2v) is 12.0. The molecule has 8 nitrogen and oxygen atoms in total. The smallest absolute Gasteiger partial charge is 0.335 e. The molecule has 3 heterocycles. The number of carboxylic acid groups (broad SMARTS) is 1. The van der Waals surface area contributed by atoms with Crippen LogP contribution in [-0.4, -0.2) is 51.6 Å². The van der Waals surface area contributed by atoms with Crippen LogP contribution >= 0.6 is 23.2 Å². The van der Waals surface area contributed by atoms with Crippen LogP contribution in [0.5, 0.6) is 5.75 Å². The number of carboxylic acids is 1. The number of anilines is 1. The fraction of sp³-hybridized carbons (Fsp3) is 0.265. The van der Waals surface area contributed by atoms with Crippen molar-refractivity contribution in [1.82, 2.24) is 15.2 Å². The van der Waals surface area contributed by atoms with Crippen molar-refractivity contribution in [3.05, 3.63) is 123 Å². The number of nitrogens with one attached hydrogen (secondary N) is 2. The van der Waals surface area contributed by atoms with Gasteiger partial charge in [0, 0.05) is 30.6 Å². The zero-order chi connectivity index (χ0) is 31.7. The summed E-state index contributed by atoms with van der Waals surface area (Å²) >= 11 is 12.4. The molecule has 3 aromatic carbocycles. The average Bonchev–Trinajstić information content (AvgIpc) is 3.57. The molecular weight excluding hydrogens is 618 g/mol. The highest BCUT2D eigenvalue weighted by molar-refractivity contribution is 6.30. The number of ether oxygens (including phenoxy) is 1. The molecule has 4 aromatic rings. The van der Waals surface area contributed by atoms with E-state index in [1.54, 1.807) is 54.6 Å². The quantitative estimate of drug-likeness (QED) is 0.173. The van der Waals surface area contributed by atoms with Crippen LogP contribution in [0.3, 0.4) is 0 Å². The zero-order valence-electron chi connectivity index (χ0n) is 24.3. The molecule has 2 saturated heterocycles. The summed E-state index contributed by atoms with van der Waals surface area (Å²) in [6.07, 6.45) is 0.597. The molecule has 5 atom stereocenters. The first-order valence-corrected chi connectivity index (χ1v) is 15.4. The Bertz CT molecular complexity index is 1720. The predicted molar refractivity (Wildman–Crippen MR) is 170 cm³/mol. The first-order chi connectivity index (χ1) is 21.7. The Labute approximate surface area is 270 Å². The summed E-state index contributed by atoms with van der Waals surface area (Å²) in [5.41, 5.74) is 2.36. The minimum absolute atomic E-state index is 0.0265. The van der Waals surface area contributed by atoms with Gasteiger partial charge in [0.15, 0.2) is 0 Å². The number of pyridine rings is 1. The number of hydrogen-bond acceptors (Lipinski definition) is 6. The van der Waals surface area contributed by atoms with Crippen LogP contribution in [0.4, 0.5) is 10.2 Å². The third-order valence-electron chi connectivity index (χ3n) is 8.51. The number of nitrogens with zero attached hydrogens (tertiary/aromatic N) is 2. The lowest BCUT2D eigenvalue weighted by atomic mass is 9.86. The molecule has 3 N–H and O–H groups in total. The van der Waals surface area contributed by atoms with Gasteiger partial charge in [0.25, 0.3) is 0 Å². The summed E-state index contributed by atoms with van der Waals surface area (Å²) in [7, 11) is 0. The van der Waals surface area contributed by atoms with Crippen molar-refractivity contribution in [2.24, 2.45) is 0 Å². The van der Waals surface area contributed by atoms with Gasteiger partial charge in [-0.25, -0.2) is 14.2 Å². The van der Waals surface area contributed by atoms with Crippen LogP contribution in [0, 0.1) is 5.82 Å². The number of aromatic carboxylic acids is 1. The predicted octanol–water partition coefficient (Wildman–Crippen LogP) is 6.70. The van der Waals surface area contributed by atoms with Crippen molar-refractivity contribution in [3.63, 3.8) is 0 Å². The molecular formula is C34H31Cl2FN4O4. The van der Waals surface area contributed by atoms with E-state index in [9.17, 15) is 14.7 Å². The maximum Gasteiger partial charge on any atom is 0.335 e. The SMILES string of the molecule is CCOc1cccc(CN2C3C[C@H](c4ccc(C(=O)O)cc4)N[C@H]3[C@H](c3cccc(Cl)c3F)C2C(=O)Nc2cccc(Cl)n2)c1. The summed E-state index contributed by atoms with van der Waals surface area (Å²) in [6, 6.07) is 22.8. The number of rotatable bonds is 9. The van der Waals surface area contributed by atoms with Gasteiger partial charge in [-0.05, 0) is 72.5 Å². The van der Waals surface area contributed by atoms with Gasteiger partial charge in [0.05, 0.1) is 23.2 Å². The molecule has 0 aliphatic carbocycles. The van der Waals surface area contributed by atoms with Crippen LogP contribution < -0.4 is 15.4 Å². The third kappa shape index (κ3) is 6.39. The van der Waals surface area contributed by atoms with E-state index in [1.165, 1.54) is 6.07 Å². The molecule has 0 bridgehead atoms. The van der Waals surface area contributed by atoms with E-state index in [1.807, 2.05) is 31.2 Å². The molecule has 232 valence electrons. The van der Waals surface area contributed by atoms with Gasteiger partial charge in [0.2, 0.25) is 5.91 Å². The number of hydrogen-bond donors (Lipinski definition) is 3. The molecule has 0 radical (unpaired) electrons. The monoisotopic (exact) mass is 648 g/mol. The van der Waals surface area contributed by atoms with Crippen LogP contribution in [0.15, 0.2) is 84.9 Å². The lowest BCUT2D eigenvalue weighted by Gasteiger charge is -2.32. The van der Waals surface area contributed by atoms with Crippen molar-refractivity contribution in [2.45, 2.75) is 50.0 Å². The number of halogens is 3. The Morgan fingerprint density at radius 1 is 1.07 bits per heavy atom. The molecule has 2 aliphatic heterocycles. The van der Waals surface area contributed by atoms with Crippen molar-refractivity contribution in [1.29, 1.82) is 0 Å². The minimum Gasteiger partial charge on any atom is -0.494 e. The van der Waals surface area contributed by atoms with E-state index in [0.29, 0.717) is 30.9 Å². The summed E-state index contributed by atoms with van der Waals surface area (Å²) in [6.45, 7) is 2.81. The Balaban J connectivity index is 1.43. The van der Waals surface area contributed by atoms with E-state index in [0.717, 1.165) is 11.1 Å². The Morgan fingerprint density at radius 3 is 2.56 bits per heavy atom. The van der Waals surface area contributed by atoms with Crippen molar-refractivity contribution < 1.29 is 23.8 Å². The van der Waals surface area contributed by atoms with Crippen molar-refractivity contribution in [2.75, 3.05) is 11.9 Å². The van der Waals surface area contributed by atoms with Crippen LogP contribution in [0.25, 0.3) is 0 Å². The van der Waals surface area contributed by atoms with Gasteiger partial charge in [-0.1, -0.05) is 65.7 Å². The minimum atomic E-state index is -1.00. The van der Waals surface area contributed by atoms with E-state index in [-0.39, 0.29) is 45.6 Å². The molecule has 2 aliphatic rings. The molecule has 45 heavy (non-hydrogen) atoms. The zero-order valence-corrected chi connectivity index (χ0v) is 25.8. The first kappa shape index (κ1) is 31.0. The number of amides is 1. The van der Waals surface area contributed by atoms with Gasteiger partial charge in [-0.15, -0.1) is 0 Å². The summed E-state index contributed by atoms with van der Waals surface area (Å²) in [5.74, 6) is -1.55. The Hall–Kier alpha value is -4.02. The molecule has 2 unspecified atom stereocenters. The number of carbonyl (C=O) groups excluding carboxylic acids is 1. The number of fused-ring (bicyclic) bond motifs is 1. The molecule has 0 spiro atoms. The topological polar surface area (TPSA) is 104 Å². The molecule has 2 fully saturated rings. The lowest BCUT2D eigenvalue weighted by molar-refractivity contribution is -0.121. The highest BCUT2D eigenvalue weighted by Crippen LogP contribution is 2.48. The van der Waals surface area contributed by atoms with Gasteiger partial charge in [-0.3, -0.25) is 9.69 Å². The fourth-order valence-corrected chi connectivity index (χ4v) is 6.99. The summed E-state index contributed by atoms with van der Waals surface area (Å²) in [5, 5.41) is 16.2. The second kappa shape index (κ2) is 13.1. The third-order valence-corrected chi connectivity index (χ3v) is 9.01. The maximum absolute atomic E-state index is 15.8. The van der Waals surface area contributed by atoms with Gasteiger partial charge in [0.1, 0.15) is 22.5 Å². The number of aromatic nitrogens is 1. The highest BCUT2D eigenvalue weighted by atomic mass is 35.5. The molecule has 0 saturated carbocycles. The number of likely N-dealkylation sites (tertiary alicyclic amines) is 1. The maximum atomic E-state index is 15.8. The van der Waals surface area contributed by atoms with Crippen LogP contribution in [0.1, 0.15) is 52.4 Å². The Kier molecular flexibility index (Phi) is 9.05. The molecule has 6 rings (SSSR count). The van der Waals surface area contributed by atoms with E-state index < -0.39 is 23.7 Å². The van der Waals surface area contributed by atoms with E-state index in [2.05, 4.69) is 20.5 Å². The first-order valence-electron chi connectivity index (χ1n) is 14.7. The molecule has 1 amide bonds. The standard InChI is InChI=1S/C34H31Cl2FN4O4/c1-2-45-22-7-3-6-19(16-22)18-41-26-17-25(20-12-14-21(15-13-20)34(43)44)38-31(26)29(23-8-4-9-24(35)30(23)37)32(41)33(42)40-28-11-5-10-27(36)39-28/h3-16,25-26,29,31-32,38H,2,17-18H2,1H3,(H,43,44)(H,39,40,42)/t25-,26?,29+,31-,32?/m1/s1. The van der Waals surface area contributed by atoms with Crippen molar-refractivity contribution >= 4 is 40.9 Å².